The van der Waals surface area contributed by atoms with Gasteiger partial charge in [-0.25, -0.2) is 5.10 Å². The topological polar surface area (TPSA) is 94.9 Å². The third kappa shape index (κ3) is 1.21. The number of aliphatic hydroxyl groups is 2. The van der Waals surface area contributed by atoms with Gasteiger partial charge in [0.05, 0.1) is 6.61 Å². The quantitative estimate of drug-likeness (QED) is 0.440. The van der Waals surface area contributed by atoms with Gasteiger partial charge in [-0.15, -0.1) is 5.10 Å². The van der Waals surface area contributed by atoms with Crippen LogP contribution in [0, 0.1) is 0 Å². The van der Waals surface area contributed by atoms with Crippen LogP contribution in [0.5, 0.6) is 0 Å². The molecule has 50 valence electrons. The van der Waals surface area contributed by atoms with Crippen LogP contribution in [-0.4, -0.2) is 37.4 Å². The van der Waals surface area contributed by atoms with Crippen LogP contribution in [0.3, 0.4) is 0 Å². The lowest BCUT2D eigenvalue weighted by Gasteiger charge is -1.97. The molecular weight excluding hydrogens is 124 g/mol. The number of rotatable bonds is 2. The third-order valence-electron chi connectivity index (χ3n) is 0.850. The van der Waals surface area contributed by atoms with Crippen LogP contribution in [0.4, 0.5) is 0 Å². The molecule has 1 rings (SSSR count). The highest BCUT2D eigenvalue weighted by molar-refractivity contribution is 4.81. The van der Waals surface area contributed by atoms with Gasteiger partial charge in [0.25, 0.3) is 0 Å². The molecule has 1 unspecified atom stereocenters. The molecule has 0 aliphatic carbocycles. The summed E-state index contributed by atoms with van der Waals surface area (Å²) in [5, 5.41) is 29.2. The van der Waals surface area contributed by atoms with E-state index in [0.29, 0.717) is 0 Å². The summed E-state index contributed by atoms with van der Waals surface area (Å²) in [7, 11) is 0. The van der Waals surface area contributed by atoms with Gasteiger partial charge in [0.15, 0.2) is 5.82 Å². The van der Waals surface area contributed by atoms with Gasteiger partial charge in [-0.05, 0) is 10.4 Å². The fourth-order valence-corrected chi connectivity index (χ4v) is 0.394. The molecule has 0 amide bonds. The van der Waals surface area contributed by atoms with Crippen LogP contribution in [0.2, 0.25) is 0 Å². The van der Waals surface area contributed by atoms with Crippen LogP contribution in [0.25, 0.3) is 0 Å². The molecular formula is C3H6N4O2. The first kappa shape index (κ1) is 6.12. The molecule has 3 N–H and O–H groups in total. The first-order valence-corrected chi connectivity index (χ1v) is 2.37. The number of hydrogen-bond acceptors (Lipinski definition) is 5. The Hall–Kier alpha value is -1.01. The Kier molecular flexibility index (Phi) is 1.71. The summed E-state index contributed by atoms with van der Waals surface area (Å²) < 4.78 is 0. The van der Waals surface area contributed by atoms with E-state index in [2.05, 4.69) is 20.6 Å². The van der Waals surface area contributed by atoms with Gasteiger partial charge in [0.1, 0.15) is 6.10 Å². The van der Waals surface area contributed by atoms with Gasteiger partial charge in [0.2, 0.25) is 0 Å². The Morgan fingerprint density at radius 1 is 1.67 bits per heavy atom. The molecule has 1 atom stereocenters. The van der Waals surface area contributed by atoms with Crippen molar-refractivity contribution in [2.75, 3.05) is 6.61 Å². The normalized spacial score (nSPS) is 13.6. The second kappa shape index (κ2) is 2.51. The average molecular weight is 130 g/mol. The highest BCUT2D eigenvalue weighted by Crippen LogP contribution is 2.00. The van der Waals surface area contributed by atoms with Gasteiger partial charge in [-0.3, -0.25) is 0 Å². The van der Waals surface area contributed by atoms with Crippen molar-refractivity contribution in [2.45, 2.75) is 6.10 Å². The minimum Gasteiger partial charge on any atom is -0.393 e. The van der Waals surface area contributed by atoms with Crippen LogP contribution in [0.15, 0.2) is 0 Å². The molecule has 1 aromatic rings. The lowest BCUT2D eigenvalue weighted by molar-refractivity contribution is 0.0886. The summed E-state index contributed by atoms with van der Waals surface area (Å²) in [5.74, 6) is 0.178. The summed E-state index contributed by atoms with van der Waals surface area (Å²) in [6.07, 6.45) is -1.00. The van der Waals surface area contributed by atoms with Crippen LogP contribution in [0.1, 0.15) is 11.9 Å². The summed E-state index contributed by atoms with van der Waals surface area (Å²) in [5.41, 5.74) is 0. The number of hydrogen-bond donors (Lipinski definition) is 3. The van der Waals surface area contributed by atoms with E-state index >= 15 is 0 Å². The molecule has 0 spiro atoms. The number of aromatic nitrogens is 4. The van der Waals surface area contributed by atoms with Crippen molar-refractivity contribution in [2.24, 2.45) is 0 Å². The Bertz CT molecular complexity index is 162. The van der Waals surface area contributed by atoms with Gasteiger partial charge in [0, 0.05) is 0 Å². The smallest absolute Gasteiger partial charge is 0.179 e. The standard InChI is InChI=1S/C3H6N4O2/c8-1-2(9)3-4-6-7-5-3/h2,8-9H,1H2,(H,4,5,6,7). The van der Waals surface area contributed by atoms with Crippen LogP contribution < -0.4 is 0 Å². The largest absolute Gasteiger partial charge is 0.393 e. The van der Waals surface area contributed by atoms with Crippen molar-refractivity contribution in [3.63, 3.8) is 0 Å². The van der Waals surface area contributed by atoms with Gasteiger partial charge < -0.3 is 10.2 Å². The van der Waals surface area contributed by atoms with Crippen LogP contribution >= 0.6 is 0 Å². The molecule has 1 heterocycles. The summed E-state index contributed by atoms with van der Waals surface area (Å²) in [4.78, 5) is 0. The van der Waals surface area contributed by atoms with E-state index in [4.69, 9.17) is 10.2 Å². The third-order valence-corrected chi connectivity index (χ3v) is 0.850. The van der Waals surface area contributed by atoms with E-state index < -0.39 is 6.10 Å². The maximum absolute atomic E-state index is 8.79. The van der Waals surface area contributed by atoms with Crippen molar-refractivity contribution >= 4 is 0 Å². The summed E-state index contributed by atoms with van der Waals surface area (Å²) >= 11 is 0. The molecule has 0 aliphatic rings. The molecule has 0 bridgehead atoms. The molecule has 0 saturated heterocycles. The first-order valence-electron chi connectivity index (χ1n) is 2.37. The Balaban J connectivity index is 2.65. The van der Waals surface area contributed by atoms with Crippen molar-refractivity contribution in [3.05, 3.63) is 5.82 Å². The van der Waals surface area contributed by atoms with Crippen molar-refractivity contribution in [1.29, 1.82) is 0 Å². The second-order valence-corrected chi connectivity index (χ2v) is 1.48. The van der Waals surface area contributed by atoms with E-state index in [1.54, 1.807) is 0 Å². The van der Waals surface area contributed by atoms with Gasteiger partial charge >= 0.3 is 0 Å². The molecule has 6 heteroatoms. The van der Waals surface area contributed by atoms with E-state index in [-0.39, 0.29) is 12.4 Å². The number of aliphatic hydroxyl groups excluding tert-OH is 2. The van der Waals surface area contributed by atoms with Crippen molar-refractivity contribution in [1.82, 2.24) is 20.6 Å². The monoisotopic (exact) mass is 130 g/mol. The lowest BCUT2D eigenvalue weighted by atomic mass is 10.4. The predicted molar refractivity (Wildman–Crippen MR) is 26.2 cm³/mol. The number of nitrogens with zero attached hydrogens (tertiary/aromatic N) is 3. The molecule has 0 saturated carbocycles. The first-order chi connectivity index (χ1) is 4.34. The molecule has 1 aromatic heterocycles. The average Bonchev–Trinajstić information content (AvgIpc) is 2.37. The SMILES string of the molecule is OCC(O)c1nnn[nH]1. The van der Waals surface area contributed by atoms with E-state index in [9.17, 15) is 0 Å². The maximum atomic E-state index is 8.79. The molecule has 0 radical (unpaired) electrons. The zero-order valence-electron chi connectivity index (χ0n) is 4.52. The Morgan fingerprint density at radius 2 is 2.44 bits per heavy atom. The number of H-pyrrole nitrogens is 1. The Labute approximate surface area is 50.5 Å². The molecule has 0 aromatic carbocycles. The number of aromatic amines is 1. The highest BCUT2D eigenvalue weighted by atomic mass is 16.3. The van der Waals surface area contributed by atoms with E-state index in [1.165, 1.54) is 0 Å². The van der Waals surface area contributed by atoms with Crippen LogP contribution in [-0.2, 0) is 0 Å². The van der Waals surface area contributed by atoms with Gasteiger partial charge in [-0.2, -0.15) is 0 Å². The van der Waals surface area contributed by atoms with Crippen molar-refractivity contribution < 1.29 is 10.2 Å². The number of tetrazole rings is 1. The summed E-state index contributed by atoms with van der Waals surface area (Å²) in [6.45, 7) is -0.378. The predicted octanol–water partition coefficient (Wildman–Crippen LogP) is -1.77. The zero-order valence-corrected chi connectivity index (χ0v) is 4.52. The minimum atomic E-state index is -1.00. The zero-order chi connectivity index (χ0) is 6.69. The molecule has 0 fully saturated rings. The minimum absolute atomic E-state index is 0.178. The molecule has 0 aliphatic heterocycles. The Morgan fingerprint density at radius 3 is 2.89 bits per heavy atom. The number of nitrogens with one attached hydrogen (secondary N) is 1. The van der Waals surface area contributed by atoms with Gasteiger partial charge in [-0.1, -0.05) is 0 Å². The molecule has 6 nitrogen and oxygen atoms in total. The van der Waals surface area contributed by atoms with Crippen molar-refractivity contribution in [3.8, 4) is 0 Å². The maximum Gasteiger partial charge on any atom is 0.179 e. The van der Waals surface area contributed by atoms with E-state index in [1.807, 2.05) is 0 Å². The summed E-state index contributed by atoms with van der Waals surface area (Å²) in [6, 6.07) is 0. The fourth-order valence-electron chi connectivity index (χ4n) is 0.394. The lowest BCUT2D eigenvalue weighted by Crippen LogP contribution is -2.04. The molecule has 9 heavy (non-hydrogen) atoms. The van der Waals surface area contributed by atoms with E-state index in [0.717, 1.165) is 0 Å². The fraction of sp³-hybridized carbons (Fsp3) is 0.667. The second-order valence-electron chi connectivity index (χ2n) is 1.48. The highest BCUT2D eigenvalue weighted by Gasteiger charge is 2.07.